The third-order valence-electron chi connectivity index (χ3n) is 6.06. The lowest BCUT2D eigenvalue weighted by atomic mass is 9.97. The number of nitrogen functional groups attached to an aromatic ring is 2. The van der Waals surface area contributed by atoms with Crippen molar-refractivity contribution >= 4 is 60.8 Å². The van der Waals surface area contributed by atoms with E-state index in [1.54, 1.807) is 4.57 Å². The van der Waals surface area contributed by atoms with E-state index in [4.69, 9.17) is 11.5 Å². The molecule has 162 valence electrons. The van der Waals surface area contributed by atoms with Crippen molar-refractivity contribution in [2.45, 2.75) is 0 Å². The summed E-state index contributed by atoms with van der Waals surface area (Å²) in [6.45, 7) is 0. The molecule has 0 spiro atoms. The molecule has 3 heterocycles. The van der Waals surface area contributed by atoms with Gasteiger partial charge in [0.15, 0.2) is 0 Å². The standard InChI is InChI=1S/C27H17N5OS/c28-14-18-21(15-8-2-1-3-9-15)22-23(29)24(34-26(22)31-25(18)30)27(33)32-19-12-6-4-10-16(19)17-11-5-7-13-20(17)32/h1-13H,29H2,(H2,30,31). The first-order valence-corrected chi connectivity index (χ1v) is 11.4. The number of carbonyl (C=O) groups is 1. The molecule has 4 N–H and O–H groups in total. The number of fused-ring (bicyclic) bond motifs is 4. The van der Waals surface area contributed by atoms with Gasteiger partial charge in [0.1, 0.15) is 27.2 Å². The highest BCUT2D eigenvalue weighted by molar-refractivity contribution is 7.21. The summed E-state index contributed by atoms with van der Waals surface area (Å²) in [4.78, 5) is 19.3. The lowest BCUT2D eigenvalue weighted by Gasteiger charge is -2.09. The highest BCUT2D eigenvalue weighted by Gasteiger charge is 2.26. The zero-order chi connectivity index (χ0) is 23.4. The molecule has 0 fully saturated rings. The number of carbonyl (C=O) groups excluding carboxylic acids is 1. The van der Waals surface area contributed by atoms with Crippen LogP contribution in [0.4, 0.5) is 11.5 Å². The van der Waals surface area contributed by atoms with E-state index in [0.29, 0.717) is 26.3 Å². The fourth-order valence-electron chi connectivity index (χ4n) is 4.58. The molecule has 0 atom stereocenters. The summed E-state index contributed by atoms with van der Waals surface area (Å²) < 4.78 is 1.70. The molecule has 0 unspecified atom stereocenters. The Morgan fingerprint density at radius 1 is 0.882 bits per heavy atom. The molecule has 7 heteroatoms. The van der Waals surface area contributed by atoms with Gasteiger partial charge in [0, 0.05) is 21.7 Å². The van der Waals surface area contributed by atoms with Crippen molar-refractivity contribution in [3.05, 3.63) is 89.3 Å². The summed E-state index contributed by atoms with van der Waals surface area (Å²) in [6, 6.07) is 27.2. The maximum atomic E-state index is 14.0. The number of nitriles is 1. The summed E-state index contributed by atoms with van der Waals surface area (Å²) in [7, 11) is 0. The van der Waals surface area contributed by atoms with Crippen molar-refractivity contribution < 1.29 is 4.79 Å². The number of benzene rings is 3. The Balaban J connectivity index is 1.67. The SMILES string of the molecule is N#Cc1c(N)nc2sc(C(=O)n3c4ccccc4c4ccccc43)c(N)c2c1-c1ccccc1. The molecule has 0 saturated carbocycles. The number of hydrogen-bond acceptors (Lipinski definition) is 6. The second-order valence-corrected chi connectivity index (χ2v) is 8.92. The van der Waals surface area contributed by atoms with Gasteiger partial charge in [0.2, 0.25) is 0 Å². The van der Waals surface area contributed by atoms with E-state index in [2.05, 4.69) is 11.1 Å². The Morgan fingerprint density at radius 3 is 2.09 bits per heavy atom. The minimum atomic E-state index is -0.242. The Labute approximate surface area is 198 Å². The number of aromatic nitrogens is 2. The minimum Gasteiger partial charge on any atom is -0.397 e. The molecular formula is C27H17N5OS. The minimum absolute atomic E-state index is 0.117. The van der Waals surface area contributed by atoms with Crippen LogP contribution in [0, 0.1) is 11.3 Å². The van der Waals surface area contributed by atoms with Crippen LogP contribution in [0.5, 0.6) is 0 Å². The number of nitrogens with zero attached hydrogens (tertiary/aromatic N) is 3. The van der Waals surface area contributed by atoms with Gasteiger partial charge in [0.05, 0.1) is 16.7 Å². The summed E-state index contributed by atoms with van der Waals surface area (Å²) in [6.07, 6.45) is 0. The van der Waals surface area contributed by atoms with Crippen molar-refractivity contribution in [2.24, 2.45) is 0 Å². The van der Waals surface area contributed by atoms with Crippen molar-refractivity contribution in [1.29, 1.82) is 5.26 Å². The van der Waals surface area contributed by atoms with E-state index in [1.807, 2.05) is 78.9 Å². The van der Waals surface area contributed by atoms with Crippen LogP contribution in [-0.4, -0.2) is 15.5 Å². The lowest BCUT2D eigenvalue weighted by Crippen LogP contribution is -2.11. The van der Waals surface area contributed by atoms with Gasteiger partial charge < -0.3 is 11.5 Å². The van der Waals surface area contributed by atoms with Crippen LogP contribution in [0.2, 0.25) is 0 Å². The monoisotopic (exact) mass is 459 g/mol. The molecular weight excluding hydrogens is 442 g/mol. The molecule has 3 aromatic carbocycles. The Morgan fingerprint density at radius 2 is 1.47 bits per heavy atom. The van der Waals surface area contributed by atoms with E-state index in [1.165, 1.54) is 11.3 Å². The van der Waals surface area contributed by atoms with E-state index in [-0.39, 0.29) is 17.3 Å². The number of para-hydroxylation sites is 2. The summed E-state index contributed by atoms with van der Waals surface area (Å²) in [5.74, 6) is -0.125. The zero-order valence-electron chi connectivity index (χ0n) is 17.8. The van der Waals surface area contributed by atoms with Crippen LogP contribution in [-0.2, 0) is 0 Å². The largest absolute Gasteiger partial charge is 0.397 e. The fraction of sp³-hybridized carbons (Fsp3) is 0. The average Bonchev–Trinajstić information content (AvgIpc) is 3.38. The molecule has 0 aliphatic carbocycles. The predicted molar refractivity (Wildman–Crippen MR) is 138 cm³/mol. The lowest BCUT2D eigenvalue weighted by molar-refractivity contribution is 0.0974. The van der Waals surface area contributed by atoms with Crippen molar-refractivity contribution in [3.63, 3.8) is 0 Å². The maximum absolute atomic E-state index is 14.0. The topological polar surface area (TPSA) is 111 Å². The van der Waals surface area contributed by atoms with E-state index in [9.17, 15) is 10.1 Å². The predicted octanol–water partition coefficient (Wildman–Crippen LogP) is 5.80. The first-order valence-electron chi connectivity index (χ1n) is 10.6. The summed E-state index contributed by atoms with van der Waals surface area (Å²) in [5, 5.41) is 12.4. The first-order chi connectivity index (χ1) is 16.6. The Hall–Kier alpha value is -4.67. The second-order valence-electron chi connectivity index (χ2n) is 7.92. The number of anilines is 2. The van der Waals surface area contributed by atoms with Crippen molar-refractivity contribution in [1.82, 2.24) is 9.55 Å². The van der Waals surface area contributed by atoms with Gasteiger partial charge in [-0.1, -0.05) is 66.7 Å². The molecule has 6 aromatic rings. The molecule has 6 nitrogen and oxygen atoms in total. The molecule has 6 rings (SSSR count). The smallest absolute Gasteiger partial charge is 0.275 e. The Kier molecular flexibility index (Phi) is 4.37. The number of pyridine rings is 1. The highest BCUT2D eigenvalue weighted by Crippen LogP contribution is 2.43. The maximum Gasteiger partial charge on any atom is 0.275 e. The molecule has 0 saturated heterocycles. The zero-order valence-corrected chi connectivity index (χ0v) is 18.6. The van der Waals surface area contributed by atoms with E-state index in [0.717, 1.165) is 27.4 Å². The molecule has 0 radical (unpaired) electrons. The molecule has 3 aromatic heterocycles. The number of nitrogens with two attached hydrogens (primary N) is 2. The molecule has 0 amide bonds. The van der Waals surface area contributed by atoms with Gasteiger partial charge in [0.25, 0.3) is 5.91 Å². The molecule has 0 aliphatic rings. The highest BCUT2D eigenvalue weighted by atomic mass is 32.1. The van der Waals surface area contributed by atoms with Crippen molar-refractivity contribution in [2.75, 3.05) is 11.5 Å². The first kappa shape index (κ1) is 20.0. The third-order valence-corrected chi connectivity index (χ3v) is 7.14. The molecule has 34 heavy (non-hydrogen) atoms. The normalized spacial score (nSPS) is 11.3. The van der Waals surface area contributed by atoms with Crippen LogP contribution in [0.15, 0.2) is 78.9 Å². The Bertz CT molecular complexity index is 1760. The number of hydrogen-bond donors (Lipinski definition) is 2. The quantitative estimate of drug-likeness (QED) is 0.340. The van der Waals surface area contributed by atoms with Crippen LogP contribution >= 0.6 is 11.3 Å². The van der Waals surface area contributed by atoms with E-state index < -0.39 is 0 Å². The fourth-order valence-corrected chi connectivity index (χ4v) is 5.62. The third kappa shape index (κ3) is 2.73. The van der Waals surface area contributed by atoms with Gasteiger partial charge in [-0.05, 0) is 17.7 Å². The van der Waals surface area contributed by atoms with Gasteiger partial charge in [-0.15, -0.1) is 11.3 Å². The molecule has 0 bridgehead atoms. The van der Waals surface area contributed by atoms with Gasteiger partial charge in [-0.25, -0.2) is 4.98 Å². The molecule has 0 aliphatic heterocycles. The van der Waals surface area contributed by atoms with Gasteiger partial charge in [-0.2, -0.15) is 5.26 Å². The van der Waals surface area contributed by atoms with Gasteiger partial charge >= 0.3 is 0 Å². The summed E-state index contributed by atoms with van der Waals surface area (Å²) in [5.41, 5.74) is 16.3. The van der Waals surface area contributed by atoms with Gasteiger partial charge in [-0.3, -0.25) is 9.36 Å². The van der Waals surface area contributed by atoms with Crippen molar-refractivity contribution in [3.8, 4) is 17.2 Å². The van der Waals surface area contributed by atoms with Crippen LogP contribution in [0.1, 0.15) is 15.2 Å². The van der Waals surface area contributed by atoms with Crippen LogP contribution < -0.4 is 11.5 Å². The van der Waals surface area contributed by atoms with Crippen LogP contribution in [0.25, 0.3) is 43.1 Å². The average molecular weight is 460 g/mol. The second kappa shape index (κ2) is 7.44. The number of thiophene rings is 1. The van der Waals surface area contributed by atoms with E-state index >= 15 is 0 Å². The van der Waals surface area contributed by atoms with Crippen LogP contribution in [0.3, 0.4) is 0 Å². The number of rotatable bonds is 2. The summed E-state index contributed by atoms with van der Waals surface area (Å²) >= 11 is 1.19.